The summed E-state index contributed by atoms with van der Waals surface area (Å²) in [4.78, 5) is 11.7. The zero-order valence-corrected chi connectivity index (χ0v) is 10.6. The molecule has 0 heterocycles. The molecular formula is C12H16ClFN2O. The lowest BCUT2D eigenvalue weighted by Gasteiger charge is -2.18. The molecule has 0 aliphatic carbocycles. The summed E-state index contributed by atoms with van der Waals surface area (Å²) in [5.41, 5.74) is 5.36. The predicted molar refractivity (Wildman–Crippen MR) is 66.6 cm³/mol. The lowest BCUT2D eigenvalue weighted by atomic mass is 10.0. The molecule has 1 amide bonds. The van der Waals surface area contributed by atoms with Crippen LogP contribution in [0.25, 0.3) is 0 Å². The van der Waals surface area contributed by atoms with Crippen molar-refractivity contribution < 1.29 is 9.18 Å². The van der Waals surface area contributed by atoms with Gasteiger partial charge in [-0.05, 0) is 38.5 Å². The van der Waals surface area contributed by atoms with E-state index >= 15 is 0 Å². The van der Waals surface area contributed by atoms with Crippen LogP contribution in [0.4, 0.5) is 4.39 Å². The van der Waals surface area contributed by atoms with Crippen LogP contribution in [0.15, 0.2) is 18.2 Å². The molecule has 5 heteroatoms. The Labute approximate surface area is 105 Å². The zero-order valence-electron chi connectivity index (χ0n) is 9.89. The van der Waals surface area contributed by atoms with Crippen LogP contribution >= 0.6 is 11.6 Å². The van der Waals surface area contributed by atoms with Crippen molar-refractivity contribution in [2.75, 3.05) is 6.54 Å². The molecule has 94 valence electrons. The van der Waals surface area contributed by atoms with Crippen LogP contribution in [-0.4, -0.2) is 18.0 Å². The van der Waals surface area contributed by atoms with Crippen molar-refractivity contribution in [1.29, 1.82) is 0 Å². The smallest absolute Gasteiger partial charge is 0.254 e. The lowest BCUT2D eigenvalue weighted by molar-refractivity contribution is 0.0947. The Hall–Kier alpha value is -1.13. The first kappa shape index (κ1) is 13.9. The zero-order chi connectivity index (χ0) is 13.1. The van der Waals surface area contributed by atoms with Gasteiger partial charge in [0, 0.05) is 17.1 Å². The number of carbonyl (C=O) groups excluding carboxylic acids is 1. The molecule has 1 aromatic carbocycles. The van der Waals surface area contributed by atoms with Crippen molar-refractivity contribution in [3.63, 3.8) is 0 Å². The molecule has 0 fully saturated rings. The third kappa shape index (κ3) is 4.71. The first-order valence-electron chi connectivity index (χ1n) is 5.32. The predicted octanol–water partition coefficient (Wildman–Crippen LogP) is 2.34. The van der Waals surface area contributed by atoms with Gasteiger partial charge in [-0.3, -0.25) is 4.79 Å². The average Bonchev–Trinajstić information content (AvgIpc) is 2.19. The molecule has 0 saturated carbocycles. The van der Waals surface area contributed by atoms with Gasteiger partial charge in [0.15, 0.2) is 0 Å². The van der Waals surface area contributed by atoms with E-state index in [1.54, 1.807) is 0 Å². The second kappa shape index (κ2) is 5.47. The quantitative estimate of drug-likeness (QED) is 0.871. The monoisotopic (exact) mass is 258 g/mol. The molecule has 3 N–H and O–H groups in total. The SMILES string of the molecule is CC(C)(N)CCNC(=O)c1cc(Cl)ccc1F. The molecule has 0 spiro atoms. The summed E-state index contributed by atoms with van der Waals surface area (Å²) in [6, 6.07) is 3.88. The Morgan fingerprint density at radius 2 is 2.18 bits per heavy atom. The average molecular weight is 259 g/mol. The van der Waals surface area contributed by atoms with Crippen molar-refractivity contribution in [2.24, 2.45) is 5.73 Å². The minimum Gasteiger partial charge on any atom is -0.352 e. The summed E-state index contributed by atoms with van der Waals surface area (Å²) in [6.45, 7) is 4.12. The fourth-order valence-electron chi connectivity index (χ4n) is 1.26. The largest absolute Gasteiger partial charge is 0.352 e. The molecule has 0 aromatic heterocycles. The van der Waals surface area contributed by atoms with E-state index in [-0.39, 0.29) is 11.1 Å². The van der Waals surface area contributed by atoms with Crippen molar-refractivity contribution in [1.82, 2.24) is 5.32 Å². The molecule has 0 unspecified atom stereocenters. The summed E-state index contributed by atoms with van der Waals surface area (Å²) in [5.74, 6) is -1.06. The van der Waals surface area contributed by atoms with Gasteiger partial charge in [-0.15, -0.1) is 0 Å². The summed E-state index contributed by atoms with van der Waals surface area (Å²) in [7, 11) is 0. The molecule has 0 aliphatic rings. The van der Waals surface area contributed by atoms with Gasteiger partial charge in [-0.2, -0.15) is 0 Å². The van der Waals surface area contributed by atoms with Crippen LogP contribution in [0.2, 0.25) is 5.02 Å². The highest BCUT2D eigenvalue weighted by Gasteiger charge is 2.14. The Kier molecular flexibility index (Phi) is 4.48. The van der Waals surface area contributed by atoms with E-state index < -0.39 is 11.7 Å². The molecule has 0 aliphatic heterocycles. The van der Waals surface area contributed by atoms with Crippen molar-refractivity contribution >= 4 is 17.5 Å². The maximum Gasteiger partial charge on any atom is 0.254 e. The van der Waals surface area contributed by atoms with E-state index in [1.807, 2.05) is 13.8 Å². The van der Waals surface area contributed by atoms with Crippen LogP contribution in [0, 0.1) is 5.82 Å². The Bertz CT molecular complexity index is 415. The Balaban J connectivity index is 2.61. The highest BCUT2D eigenvalue weighted by atomic mass is 35.5. The maximum atomic E-state index is 13.3. The van der Waals surface area contributed by atoms with E-state index in [1.165, 1.54) is 18.2 Å². The summed E-state index contributed by atoms with van der Waals surface area (Å²) < 4.78 is 13.3. The molecule has 0 saturated heterocycles. The van der Waals surface area contributed by atoms with Gasteiger partial charge in [-0.25, -0.2) is 4.39 Å². The van der Waals surface area contributed by atoms with Gasteiger partial charge in [0.25, 0.3) is 5.91 Å². The second-order valence-electron chi connectivity index (χ2n) is 4.62. The minimum atomic E-state index is -0.584. The van der Waals surface area contributed by atoms with Crippen molar-refractivity contribution in [3.05, 3.63) is 34.6 Å². The van der Waals surface area contributed by atoms with Gasteiger partial charge in [-0.1, -0.05) is 11.6 Å². The number of nitrogens with two attached hydrogens (primary N) is 1. The standard InChI is InChI=1S/C12H16ClFN2O/c1-12(2,15)5-6-16-11(17)9-7-8(13)3-4-10(9)14/h3-4,7H,5-6,15H2,1-2H3,(H,16,17). The number of rotatable bonds is 4. The molecule has 0 atom stereocenters. The van der Waals surface area contributed by atoms with Gasteiger partial charge in [0.2, 0.25) is 0 Å². The first-order chi connectivity index (χ1) is 7.79. The van der Waals surface area contributed by atoms with Crippen LogP contribution in [0.3, 0.4) is 0 Å². The third-order valence-corrected chi connectivity index (χ3v) is 2.46. The van der Waals surface area contributed by atoms with Crippen LogP contribution in [-0.2, 0) is 0 Å². The molecule has 1 aromatic rings. The normalized spacial score (nSPS) is 11.4. The summed E-state index contributed by atoms with van der Waals surface area (Å²) in [5, 5.41) is 2.94. The highest BCUT2D eigenvalue weighted by molar-refractivity contribution is 6.30. The number of benzene rings is 1. The minimum absolute atomic E-state index is 0.0488. The molecule has 17 heavy (non-hydrogen) atoms. The van der Waals surface area contributed by atoms with Gasteiger partial charge >= 0.3 is 0 Å². The Morgan fingerprint density at radius 3 is 2.76 bits per heavy atom. The lowest BCUT2D eigenvalue weighted by Crippen LogP contribution is -2.37. The fraction of sp³-hybridized carbons (Fsp3) is 0.417. The van der Waals surface area contributed by atoms with E-state index in [9.17, 15) is 9.18 Å². The van der Waals surface area contributed by atoms with Crippen molar-refractivity contribution in [2.45, 2.75) is 25.8 Å². The van der Waals surface area contributed by atoms with E-state index in [0.717, 1.165) is 0 Å². The van der Waals surface area contributed by atoms with Crippen LogP contribution < -0.4 is 11.1 Å². The maximum absolute atomic E-state index is 13.3. The third-order valence-electron chi connectivity index (χ3n) is 2.23. The van der Waals surface area contributed by atoms with Gasteiger partial charge in [0.05, 0.1) is 5.56 Å². The topological polar surface area (TPSA) is 55.1 Å². The molecule has 0 radical (unpaired) electrons. The molecule has 3 nitrogen and oxygen atoms in total. The van der Waals surface area contributed by atoms with Gasteiger partial charge in [0.1, 0.15) is 5.82 Å². The molecular weight excluding hydrogens is 243 g/mol. The molecule has 0 bridgehead atoms. The fourth-order valence-corrected chi connectivity index (χ4v) is 1.44. The van der Waals surface area contributed by atoms with Crippen LogP contribution in [0.1, 0.15) is 30.6 Å². The summed E-state index contributed by atoms with van der Waals surface area (Å²) in [6.07, 6.45) is 0.612. The summed E-state index contributed by atoms with van der Waals surface area (Å²) >= 11 is 5.70. The number of hydrogen-bond donors (Lipinski definition) is 2. The molecule has 1 rings (SSSR count). The number of nitrogens with one attached hydrogen (secondary N) is 1. The van der Waals surface area contributed by atoms with E-state index in [0.29, 0.717) is 18.0 Å². The number of hydrogen-bond acceptors (Lipinski definition) is 2. The Morgan fingerprint density at radius 1 is 1.53 bits per heavy atom. The van der Waals surface area contributed by atoms with Crippen LogP contribution in [0.5, 0.6) is 0 Å². The number of carbonyl (C=O) groups is 1. The second-order valence-corrected chi connectivity index (χ2v) is 5.06. The van der Waals surface area contributed by atoms with Crippen molar-refractivity contribution in [3.8, 4) is 0 Å². The van der Waals surface area contributed by atoms with Gasteiger partial charge < -0.3 is 11.1 Å². The van der Waals surface area contributed by atoms with E-state index in [4.69, 9.17) is 17.3 Å². The number of halogens is 2. The van der Waals surface area contributed by atoms with E-state index in [2.05, 4.69) is 5.32 Å². The first-order valence-corrected chi connectivity index (χ1v) is 5.69. The number of amides is 1. The highest BCUT2D eigenvalue weighted by Crippen LogP contribution is 2.14.